The molecule has 3 N–H and O–H groups in total. The molecule has 0 fully saturated rings. The number of rotatable bonds is 6. The Morgan fingerprint density at radius 3 is 2.24 bits per heavy atom. The molecule has 0 aliphatic carbocycles. The molecule has 0 spiro atoms. The molecule has 0 saturated carbocycles. The predicted octanol–water partition coefficient (Wildman–Crippen LogP) is 1.26. The average Bonchev–Trinajstić information content (AvgIpc) is 3.16. The molecule has 1 atom stereocenters. The number of carbonyl (C=O) groups excluding carboxylic acids is 4. The third kappa shape index (κ3) is 3.92. The Morgan fingerprint density at radius 2 is 1.66 bits per heavy atom. The maximum Gasteiger partial charge on any atom is 0.355 e. The van der Waals surface area contributed by atoms with E-state index < -0.39 is 47.9 Å². The average molecular weight is 516 g/mol. The Morgan fingerprint density at radius 1 is 1.00 bits per heavy atom. The second kappa shape index (κ2) is 9.90. The molecule has 0 radical (unpaired) electrons. The first-order chi connectivity index (χ1) is 18.2. The highest BCUT2D eigenvalue weighted by molar-refractivity contribution is 6.25. The molecule has 4 rings (SSSR count). The summed E-state index contributed by atoms with van der Waals surface area (Å²) < 4.78 is 9.93. The lowest BCUT2D eigenvalue weighted by Crippen LogP contribution is -2.41. The largest absolute Gasteiger partial charge is 0.480 e. The minimum Gasteiger partial charge on any atom is -0.480 e. The third-order valence-electron chi connectivity index (χ3n) is 6.12. The van der Waals surface area contributed by atoms with Crippen LogP contribution in [0.2, 0.25) is 0 Å². The van der Waals surface area contributed by atoms with E-state index in [1.165, 1.54) is 18.2 Å². The number of aliphatic carboxylic acids is 1. The first kappa shape index (κ1) is 25.6. The van der Waals surface area contributed by atoms with E-state index in [0.29, 0.717) is 10.5 Å². The zero-order valence-electron chi connectivity index (χ0n) is 20.1. The van der Waals surface area contributed by atoms with Gasteiger partial charge in [-0.25, -0.2) is 9.59 Å². The van der Waals surface area contributed by atoms with Crippen molar-refractivity contribution in [2.24, 2.45) is 5.73 Å². The fourth-order valence-corrected chi connectivity index (χ4v) is 4.54. The number of hydrogen-bond donors (Lipinski definition) is 2. The molecule has 2 heterocycles. The zero-order chi connectivity index (χ0) is 27.7. The number of esters is 2. The van der Waals surface area contributed by atoms with Crippen molar-refractivity contribution < 1.29 is 38.6 Å². The SMILES string of the molecule is COC(=O)C1=C(C(=O)OC)N(c2cccc3c2C(=O)N(CC(=O)O)C3=O)C(N)=C(C#N)C1c1ccccc1. The molecule has 192 valence electrons. The number of nitrogens with zero attached hydrogens (tertiary/aromatic N) is 3. The van der Waals surface area contributed by atoms with E-state index >= 15 is 0 Å². The van der Waals surface area contributed by atoms with Crippen LogP contribution in [0.5, 0.6) is 0 Å². The van der Waals surface area contributed by atoms with Crippen molar-refractivity contribution >= 4 is 35.4 Å². The maximum absolute atomic E-state index is 13.2. The molecule has 12 heteroatoms. The quantitative estimate of drug-likeness (QED) is 0.417. The second-order valence-corrected chi connectivity index (χ2v) is 8.13. The Balaban J connectivity index is 2.07. The lowest BCUT2D eigenvalue weighted by atomic mass is 9.80. The first-order valence-corrected chi connectivity index (χ1v) is 11.0. The highest BCUT2D eigenvalue weighted by Crippen LogP contribution is 2.45. The van der Waals surface area contributed by atoms with Crippen LogP contribution in [0.15, 0.2) is 71.2 Å². The molecule has 2 aliphatic rings. The van der Waals surface area contributed by atoms with Crippen LogP contribution in [0.3, 0.4) is 0 Å². The zero-order valence-corrected chi connectivity index (χ0v) is 20.1. The van der Waals surface area contributed by atoms with E-state index in [0.717, 1.165) is 19.1 Å². The first-order valence-electron chi connectivity index (χ1n) is 11.0. The number of imide groups is 1. The van der Waals surface area contributed by atoms with Crippen LogP contribution in [-0.4, -0.2) is 60.5 Å². The second-order valence-electron chi connectivity index (χ2n) is 8.13. The molecule has 1 unspecified atom stereocenters. The number of amides is 2. The predicted molar refractivity (Wildman–Crippen MR) is 129 cm³/mol. The van der Waals surface area contributed by atoms with Gasteiger partial charge < -0.3 is 20.3 Å². The van der Waals surface area contributed by atoms with Gasteiger partial charge in [-0.2, -0.15) is 5.26 Å². The fourth-order valence-electron chi connectivity index (χ4n) is 4.54. The van der Waals surface area contributed by atoms with Gasteiger partial charge in [0, 0.05) is 0 Å². The van der Waals surface area contributed by atoms with Gasteiger partial charge in [-0.3, -0.25) is 24.2 Å². The number of methoxy groups -OCH3 is 2. The van der Waals surface area contributed by atoms with E-state index in [4.69, 9.17) is 15.2 Å². The molecule has 0 bridgehead atoms. The van der Waals surface area contributed by atoms with Crippen LogP contribution >= 0.6 is 0 Å². The Hall–Kier alpha value is -5.44. The lowest BCUT2D eigenvalue weighted by molar-refractivity contribution is -0.139. The molecule has 2 aromatic rings. The standard InChI is InChI=1S/C26H20N4O8/c1-37-25(35)20-18(13-7-4-3-5-8-13)15(11-27)22(28)30(21(20)26(36)38-2)16-10-6-9-14-19(16)24(34)29(23(14)33)12-17(31)32/h3-10,18H,12,28H2,1-2H3,(H,31,32). The van der Waals surface area contributed by atoms with Gasteiger partial charge in [-0.1, -0.05) is 36.4 Å². The maximum atomic E-state index is 13.2. The van der Waals surface area contributed by atoms with Crippen LogP contribution < -0.4 is 10.6 Å². The minimum atomic E-state index is -1.42. The van der Waals surface area contributed by atoms with Crippen molar-refractivity contribution in [3.8, 4) is 6.07 Å². The van der Waals surface area contributed by atoms with Gasteiger partial charge in [-0.05, 0) is 17.7 Å². The lowest BCUT2D eigenvalue weighted by Gasteiger charge is -2.36. The molecular formula is C26H20N4O8. The summed E-state index contributed by atoms with van der Waals surface area (Å²) in [5.74, 6) is -6.68. The van der Waals surface area contributed by atoms with Gasteiger partial charge in [0.2, 0.25) is 0 Å². The number of nitriles is 1. The van der Waals surface area contributed by atoms with Crippen molar-refractivity contribution in [2.75, 3.05) is 25.7 Å². The summed E-state index contributed by atoms with van der Waals surface area (Å²) in [7, 11) is 2.16. The van der Waals surface area contributed by atoms with Crippen LogP contribution in [-0.2, 0) is 23.9 Å². The molecule has 2 aromatic carbocycles. The van der Waals surface area contributed by atoms with Gasteiger partial charge in [0.05, 0.1) is 54.2 Å². The number of ether oxygens (including phenoxy) is 2. The van der Waals surface area contributed by atoms with Crippen molar-refractivity contribution in [1.29, 1.82) is 5.26 Å². The molecule has 38 heavy (non-hydrogen) atoms. The molecule has 2 aliphatic heterocycles. The number of carboxylic acid groups (broad SMARTS) is 1. The fraction of sp³-hybridized carbons (Fsp3) is 0.154. The summed E-state index contributed by atoms with van der Waals surface area (Å²) in [6.07, 6.45) is 0. The van der Waals surface area contributed by atoms with E-state index in [-0.39, 0.29) is 33.8 Å². The smallest absolute Gasteiger partial charge is 0.355 e. The molecule has 2 amide bonds. The van der Waals surface area contributed by atoms with Crippen LogP contribution in [0.1, 0.15) is 32.2 Å². The number of benzene rings is 2. The Kier molecular flexibility index (Phi) is 6.68. The number of hydrogen-bond acceptors (Lipinski definition) is 10. The summed E-state index contributed by atoms with van der Waals surface area (Å²) >= 11 is 0. The number of allylic oxidation sites excluding steroid dienone is 1. The summed E-state index contributed by atoms with van der Waals surface area (Å²) in [6, 6.07) is 14.4. The van der Waals surface area contributed by atoms with Gasteiger partial charge in [0.25, 0.3) is 11.8 Å². The molecule has 0 saturated heterocycles. The van der Waals surface area contributed by atoms with Crippen LogP contribution in [0.25, 0.3) is 0 Å². The monoisotopic (exact) mass is 516 g/mol. The van der Waals surface area contributed by atoms with Gasteiger partial charge in [0.1, 0.15) is 18.1 Å². The third-order valence-corrected chi connectivity index (χ3v) is 6.12. The van der Waals surface area contributed by atoms with Crippen molar-refractivity contribution in [3.05, 3.63) is 87.9 Å². The summed E-state index contributed by atoms with van der Waals surface area (Å²) in [5, 5.41) is 19.3. The summed E-state index contributed by atoms with van der Waals surface area (Å²) in [6.45, 7) is -0.899. The normalized spacial score (nSPS) is 16.8. The number of carbonyl (C=O) groups is 5. The van der Waals surface area contributed by atoms with Crippen molar-refractivity contribution in [3.63, 3.8) is 0 Å². The van der Waals surface area contributed by atoms with Crippen LogP contribution in [0, 0.1) is 11.3 Å². The molecule has 0 aromatic heterocycles. The van der Waals surface area contributed by atoms with Crippen LogP contribution in [0.4, 0.5) is 5.69 Å². The summed E-state index contributed by atoms with van der Waals surface area (Å²) in [5.41, 5.74) is 5.51. The van der Waals surface area contributed by atoms with Gasteiger partial charge in [-0.15, -0.1) is 0 Å². The van der Waals surface area contributed by atoms with Gasteiger partial charge in [0.15, 0.2) is 0 Å². The number of nitrogens with two attached hydrogens (primary N) is 1. The number of fused-ring (bicyclic) bond motifs is 1. The van der Waals surface area contributed by atoms with Crippen molar-refractivity contribution in [1.82, 2.24) is 4.90 Å². The Labute approximate surface area is 215 Å². The number of anilines is 1. The highest BCUT2D eigenvalue weighted by Gasteiger charge is 2.46. The minimum absolute atomic E-state index is 0.132. The van der Waals surface area contributed by atoms with E-state index in [9.17, 15) is 34.3 Å². The topological polar surface area (TPSA) is 180 Å². The van der Waals surface area contributed by atoms with Crippen molar-refractivity contribution in [2.45, 2.75) is 5.92 Å². The number of carboxylic acids is 1. The molecule has 12 nitrogen and oxygen atoms in total. The highest BCUT2D eigenvalue weighted by atomic mass is 16.5. The molecular weight excluding hydrogens is 496 g/mol. The Bertz CT molecular complexity index is 1500. The van der Waals surface area contributed by atoms with E-state index in [2.05, 4.69) is 0 Å². The van der Waals surface area contributed by atoms with Gasteiger partial charge >= 0.3 is 17.9 Å². The summed E-state index contributed by atoms with van der Waals surface area (Å²) in [4.78, 5) is 65.3. The van der Waals surface area contributed by atoms with E-state index in [1.54, 1.807) is 30.3 Å². The van der Waals surface area contributed by atoms with E-state index in [1.807, 2.05) is 6.07 Å².